The lowest BCUT2D eigenvalue weighted by atomic mass is 9.70. The summed E-state index contributed by atoms with van der Waals surface area (Å²) < 4.78 is 0. The normalized spacial score (nSPS) is 14.7. The van der Waals surface area contributed by atoms with Crippen molar-refractivity contribution in [3.05, 3.63) is 221 Å². The Balaban J connectivity index is 1.15. The highest BCUT2D eigenvalue weighted by Crippen LogP contribution is 2.63. The summed E-state index contributed by atoms with van der Waals surface area (Å²) in [4.78, 5) is 2.50. The first-order valence-corrected chi connectivity index (χ1v) is 19.4. The number of benzene rings is 9. The molecule has 0 amide bonds. The maximum atomic E-state index is 2.51. The van der Waals surface area contributed by atoms with E-state index >= 15 is 0 Å². The third kappa shape index (κ3) is 3.97. The van der Waals surface area contributed by atoms with Gasteiger partial charge in [-0.25, -0.2) is 0 Å². The fourth-order valence-corrected chi connectivity index (χ4v) is 10.6. The molecule has 0 N–H and O–H groups in total. The van der Waals surface area contributed by atoms with E-state index in [1.165, 1.54) is 88.3 Å². The summed E-state index contributed by atoms with van der Waals surface area (Å²) in [6.07, 6.45) is 0. The number of hydrogen-bond acceptors (Lipinski definition) is 1. The zero-order valence-corrected chi connectivity index (χ0v) is 30.8. The average molecular weight is 700 g/mol. The first-order valence-electron chi connectivity index (χ1n) is 19.4. The molecule has 3 aliphatic rings. The Bertz CT molecular complexity index is 3030. The smallest absolute Gasteiger partial charge is 0.0726 e. The molecule has 1 nitrogen and oxygen atoms in total. The van der Waals surface area contributed by atoms with Crippen molar-refractivity contribution in [2.24, 2.45) is 0 Å². The predicted octanol–water partition coefficient (Wildman–Crippen LogP) is 14.1. The van der Waals surface area contributed by atoms with Gasteiger partial charge in [-0.1, -0.05) is 166 Å². The van der Waals surface area contributed by atoms with Crippen LogP contribution >= 0.6 is 0 Å². The molecule has 0 bridgehead atoms. The average Bonchev–Trinajstić information content (AvgIpc) is 3.79. The molecule has 0 aromatic heterocycles. The molecule has 3 aliphatic carbocycles. The molecule has 0 fully saturated rings. The summed E-state index contributed by atoms with van der Waals surface area (Å²) in [6.45, 7) is 4.72. The minimum atomic E-state index is -0.415. The lowest BCUT2D eigenvalue weighted by Crippen LogP contribution is -2.26. The second kappa shape index (κ2) is 10.9. The summed E-state index contributed by atoms with van der Waals surface area (Å²) in [7, 11) is 0. The molecule has 0 unspecified atom stereocenters. The van der Waals surface area contributed by atoms with Crippen LogP contribution in [0.1, 0.15) is 47.2 Å². The van der Waals surface area contributed by atoms with E-state index in [-0.39, 0.29) is 5.41 Å². The minimum absolute atomic E-state index is 0.0634. The van der Waals surface area contributed by atoms with Gasteiger partial charge in [-0.3, -0.25) is 0 Å². The van der Waals surface area contributed by atoms with Crippen LogP contribution < -0.4 is 4.90 Å². The fraction of sp³-hybridized carbons (Fsp3) is 0.0741. The van der Waals surface area contributed by atoms with Crippen LogP contribution in [0.2, 0.25) is 0 Å². The van der Waals surface area contributed by atoms with Gasteiger partial charge in [0.2, 0.25) is 0 Å². The van der Waals surface area contributed by atoms with Gasteiger partial charge in [0.15, 0.2) is 0 Å². The van der Waals surface area contributed by atoms with Gasteiger partial charge in [-0.15, -0.1) is 0 Å². The van der Waals surface area contributed by atoms with Crippen molar-refractivity contribution in [1.82, 2.24) is 0 Å². The molecule has 9 aromatic carbocycles. The first-order chi connectivity index (χ1) is 27.0. The van der Waals surface area contributed by atoms with Crippen molar-refractivity contribution in [1.29, 1.82) is 0 Å². The topological polar surface area (TPSA) is 3.24 Å². The zero-order valence-electron chi connectivity index (χ0n) is 30.8. The second-order valence-electron chi connectivity index (χ2n) is 16.0. The van der Waals surface area contributed by atoms with Gasteiger partial charge in [0, 0.05) is 22.5 Å². The van der Waals surface area contributed by atoms with Crippen LogP contribution in [0.3, 0.4) is 0 Å². The summed E-state index contributed by atoms with van der Waals surface area (Å²) in [5.41, 5.74) is 19.1. The molecule has 9 aromatic rings. The van der Waals surface area contributed by atoms with Crippen molar-refractivity contribution in [2.45, 2.75) is 24.7 Å². The SMILES string of the molecule is CC1(C)c2ccccc2-c2cc(N(c3ccc4c(c3)C3(c5ccccc5-c5ccccc53)c3ccccc3-4)c3ccc4ccc5ccccc5c4c3)ccc21. The molecule has 0 atom stereocenters. The van der Waals surface area contributed by atoms with E-state index in [9.17, 15) is 0 Å². The van der Waals surface area contributed by atoms with Crippen molar-refractivity contribution in [3.8, 4) is 33.4 Å². The standard InChI is InChI=1S/C54H37N/c1-53(2)47-19-9-5-18-43(47)46-32-37(28-30-48(46)53)55(36-26-25-35-24-23-34-13-3-4-14-39(34)45(35)31-36)38-27-29-44-42-17-8-12-22-51(42)54(52(44)33-38)49-20-10-6-15-40(49)41-16-7-11-21-50(41)54/h3-33H,1-2H3. The van der Waals surface area contributed by atoms with E-state index in [2.05, 4.69) is 207 Å². The van der Waals surface area contributed by atoms with Crippen molar-refractivity contribution >= 4 is 38.6 Å². The zero-order chi connectivity index (χ0) is 36.5. The van der Waals surface area contributed by atoms with E-state index in [0.29, 0.717) is 0 Å². The highest BCUT2D eigenvalue weighted by Gasteiger charge is 2.51. The highest BCUT2D eigenvalue weighted by atomic mass is 15.1. The molecule has 12 rings (SSSR count). The summed E-state index contributed by atoms with van der Waals surface area (Å²) in [6, 6.07) is 70.8. The van der Waals surface area contributed by atoms with Crippen molar-refractivity contribution < 1.29 is 0 Å². The van der Waals surface area contributed by atoms with Gasteiger partial charge >= 0.3 is 0 Å². The maximum absolute atomic E-state index is 2.51. The Morgan fingerprint density at radius 2 is 0.745 bits per heavy atom. The lowest BCUT2D eigenvalue weighted by molar-refractivity contribution is 0.660. The molecule has 0 radical (unpaired) electrons. The quantitative estimate of drug-likeness (QED) is 0.166. The molecule has 0 heterocycles. The third-order valence-corrected chi connectivity index (χ3v) is 13.1. The van der Waals surface area contributed by atoms with Crippen LogP contribution in [-0.4, -0.2) is 0 Å². The summed E-state index contributed by atoms with van der Waals surface area (Å²) in [5, 5.41) is 5.03. The van der Waals surface area contributed by atoms with Crippen LogP contribution in [-0.2, 0) is 10.8 Å². The summed E-state index contributed by atoms with van der Waals surface area (Å²) >= 11 is 0. The van der Waals surface area contributed by atoms with Crippen molar-refractivity contribution in [3.63, 3.8) is 0 Å². The Labute approximate surface area is 321 Å². The molecule has 0 saturated carbocycles. The largest absolute Gasteiger partial charge is 0.310 e. The molecule has 258 valence electrons. The molecule has 0 aliphatic heterocycles. The molecule has 0 saturated heterocycles. The number of fused-ring (bicyclic) bond motifs is 16. The Kier molecular flexibility index (Phi) is 6.11. The molecular formula is C54H37N. The summed E-state index contributed by atoms with van der Waals surface area (Å²) in [5.74, 6) is 0. The highest BCUT2D eigenvalue weighted by molar-refractivity contribution is 6.09. The Morgan fingerprint density at radius 1 is 0.309 bits per heavy atom. The van der Waals surface area contributed by atoms with E-state index < -0.39 is 5.41 Å². The number of hydrogen-bond donors (Lipinski definition) is 0. The lowest BCUT2D eigenvalue weighted by Gasteiger charge is -2.32. The van der Waals surface area contributed by atoms with Crippen LogP contribution in [0, 0.1) is 0 Å². The number of nitrogens with zero attached hydrogens (tertiary/aromatic N) is 1. The van der Waals surface area contributed by atoms with E-state index in [1.807, 2.05) is 0 Å². The van der Waals surface area contributed by atoms with E-state index in [1.54, 1.807) is 0 Å². The van der Waals surface area contributed by atoms with Crippen LogP contribution in [0.25, 0.3) is 54.9 Å². The molecular weight excluding hydrogens is 663 g/mol. The Morgan fingerprint density at radius 3 is 1.42 bits per heavy atom. The maximum Gasteiger partial charge on any atom is 0.0726 e. The van der Waals surface area contributed by atoms with Crippen LogP contribution in [0.4, 0.5) is 17.1 Å². The third-order valence-electron chi connectivity index (χ3n) is 13.1. The predicted molar refractivity (Wildman–Crippen MR) is 230 cm³/mol. The molecule has 55 heavy (non-hydrogen) atoms. The van der Waals surface area contributed by atoms with Gasteiger partial charge in [0.1, 0.15) is 0 Å². The van der Waals surface area contributed by atoms with E-state index in [4.69, 9.17) is 0 Å². The van der Waals surface area contributed by atoms with Crippen molar-refractivity contribution in [2.75, 3.05) is 4.90 Å². The fourth-order valence-electron chi connectivity index (χ4n) is 10.6. The number of anilines is 3. The monoisotopic (exact) mass is 699 g/mol. The second-order valence-corrected chi connectivity index (χ2v) is 16.0. The first kappa shape index (κ1) is 30.7. The van der Waals surface area contributed by atoms with Gasteiger partial charge in [-0.2, -0.15) is 0 Å². The van der Waals surface area contributed by atoms with Gasteiger partial charge < -0.3 is 4.90 Å². The molecule has 1 spiro atoms. The Hall–Kier alpha value is -6.70. The molecule has 1 heteroatoms. The van der Waals surface area contributed by atoms with E-state index in [0.717, 1.165) is 17.1 Å². The van der Waals surface area contributed by atoms with Crippen LogP contribution in [0.15, 0.2) is 188 Å². The van der Waals surface area contributed by atoms with Crippen LogP contribution in [0.5, 0.6) is 0 Å². The number of rotatable bonds is 3. The van der Waals surface area contributed by atoms with Gasteiger partial charge in [0.25, 0.3) is 0 Å². The van der Waals surface area contributed by atoms with Gasteiger partial charge in [-0.05, 0) is 125 Å². The minimum Gasteiger partial charge on any atom is -0.310 e. The van der Waals surface area contributed by atoms with Gasteiger partial charge in [0.05, 0.1) is 5.41 Å².